The minimum absolute atomic E-state index is 0.0420. The average Bonchev–Trinajstić information content (AvgIpc) is 3.09. The van der Waals surface area contributed by atoms with Crippen molar-refractivity contribution >= 4 is 11.9 Å². The first kappa shape index (κ1) is 12.3. The van der Waals surface area contributed by atoms with E-state index in [0.717, 1.165) is 6.42 Å². The summed E-state index contributed by atoms with van der Waals surface area (Å²) in [7, 11) is 0. The van der Waals surface area contributed by atoms with Crippen molar-refractivity contribution in [2.45, 2.75) is 31.3 Å². The monoisotopic (exact) mass is 279 g/mol. The van der Waals surface area contributed by atoms with Crippen molar-refractivity contribution in [1.29, 1.82) is 0 Å². The molecule has 3 saturated heterocycles. The van der Waals surface area contributed by atoms with Gasteiger partial charge in [-0.2, -0.15) is 0 Å². The fourth-order valence-electron chi connectivity index (χ4n) is 3.96. The van der Waals surface area contributed by atoms with Gasteiger partial charge in [0.1, 0.15) is 11.5 Å². The van der Waals surface area contributed by atoms with Crippen LogP contribution in [0, 0.1) is 11.8 Å². The predicted octanol–water partition coefficient (Wildman–Crippen LogP) is 0.0779. The standard InChI is InChI=1S/C14H17NO5/c1-2-18-12(17)9-8-4-5-14(20-8)10(9)11(16)15-6-3-7-19-13(14)15/h4-5,8-10,13H,2-3,6-7H2,1H3/t8-,9-,10-,13+,14-/m1/s1. The molecule has 6 nitrogen and oxygen atoms in total. The minimum atomic E-state index is -0.792. The SMILES string of the molecule is CCOC(=O)[C@@H]1[C@H]2C=C[C@]3(O2)[C@@H]2OCCCN2C(=O)[C@@H]13. The number of fused-ring (bicyclic) bond motifs is 2. The number of rotatable bonds is 2. The van der Waals surface area contributed by atoms with Gasteiger partial charge in [0.2, 0.25) is 5.91 Å². The number of nitrogens with zero attached hydrogens (tertiary/aromatic N) is 1. The molecule has 0 unspecified atom stereocenters. The van der Waals surface area contributed by atoms with Gasteiger partial charge in [-0.1, -0.05) is 6.08 Å². The van der Waals surface area contributed by atoms with E-state index in [1.807, 2.05) is 12.2 Å². The lowest BCUT2D eigenvalue weighted by Crippen LogP contribution is -2.49. The summed E-state index contributed by atoms with van der Waals surface area (Å²) in [6.07, 6.45) is 3.84. The second-order valence-corrected chi connectivity index (χ2v) is 5.66. The molecule has 108 valence electrons. The number of ether oxygens (including phenoxy) is 3. The molecule has 0 radical (unpaired) electrons. The number of hydrogen-bond acceptors (Lipinski definition) is 5. The van der Waals surface area contributed by atoms with Crippen molar-refractivity contribution in [3.8, 4) is 0 Å². The lowest BCUT2D eigenvalue weighted by molar-refractivity contribution is -0.168. The third kappa shape index (κ3) is 1.31. The molecule has 5 atom stereocenters. The Morgan fingerprint density at radius 3 is 3.25 bits per heavy atom. The largest absolute Gasteiger partial charge is 0.466 e. The summed E-state index contributed by atoms with van der Waals surface area (Å²) in [5.74, 6) is -1.43. The fourth-order valence-corrected chi connectivity index (χ4v) is 3.96. The van der Waals surface area contributed by atoms with E-state index in [-0.39, 0.29) is 18.0 Å². The van der Waals surface area contributed by atoms with Crippen molar-refractivity contribution in [1.82, 2.24) is 4.90 Å². The fraction of sp³-hybridized carbons (Fsp3) is 0.714. The Morgan fingerprint density at radius 2 is 2.45 bits per heavy atom. The van der Waals surface area contributed by atoms with Gasteiger partial charge in [-0.3, -0.25) is 9.59 Å². The van der Waals surface area contributed by atoms with E-state index in [9.17, 15) is 9.59 Å². The van der Waals surface area contributed by atoms with Crippen LogP contribution in [0.3, 0.4) is 0 Å². The van der Waals surface area contributed by atoms with E-state index in [0.29, 0.717) is 19.8 Å². The zero-order valence-corrected chi connectivity index (χ0v) is 11.3. The van der Waals surface area contributed by atoms with Gasteiger partial charge in [0, 0.05) is 6.54 Å². The van der Waals surface area contributed by atoms with Crippen LogP contribution in [0.4, 0.5) is 0 Å². The maximum absolute atomic E-state index is 12.6. The topological polar surface area (TPSA) is 65.1 Å². The highest BCUT2D eigenvalue weighted by atomic mass is 16.6. The van der Waals surface area contributed by atoms with Crippen molar-refractivity contribution in [2.75, 3.05) is 19.8 Å². The number of carbonyl (C=O) groups excluding carboxylic acids is 2. The molecule has 3 fully saturated rings. The Hall–Kier alpha value is -1.40. The summed E-state index contributed by atoms with van der Waals surface area (Å²) in [4.78, 5) is 26.5. The van der Waals surface area contributed by atoms with Crippen LogP contribution in [-0.4, -0.2) is 54.5 Å². The first-order valence-corrected chi connectivity index (χ1v) is 7.15. The Kier molecular flexibility index (Phi) is 2.50. The molecule has 4 rings (SSSR count). The van der Waals surface area contributed by atoms with Crippen LogP contribution >= 0.6 is 0 Å². The molecule has 1 spiro atoms. The van der Waals surface area contributed by atoms with Gasteiger partial charge < -0.3 is 19.1 Å². The maximum atomic E-state index is 12.6. The molecule has 0 N–H and O–H groups in total. The molecular formula is C14H17NO5. The quantitative estimate of drug-likeness (QED) is 0.529. The van der Waals surface area contributed by atoms with Crippen molar-refractivity contribution in [3.63, 3.8) is 0 Å². The second-order valence-electron chi connectivity index (χ2n) is 5.66. The highest BCUT2D eigenvalue weighted by molar-refractivity contribution is 5.91. The highest BCUT2D eigenvalue weighted by Crippen LogP contribution is 2.55. The van der Waals surface area contributed by atoms with Gasteiger partial charge in [-0.05, 0) is 19.4 Å². The maximum Gasteiger partial charge on any atom is 0.312 e. The molecule has 4 aliphatic rings. The van der Waals surface area contributed by atoms with Crippen molar-refractivity contribution in [3.05, 3.63) is 12.2 Å². The van der Waals surface area contributed by atoms with Crippen LogP contribution in [0.15, 0.2) is 12.2 Å². The summed E-state index contributed by atoms with van der Waals surface area (Å²) in [6, 6.07) is 0. The molecule has 6 heteroatoms. The van der Waals surface area contributed by atoms with Crippen LogP contribution < -0.4 is 0 Å². The summed E-state index contributed by atoms with van der Waals surface area (Å²) in [5.41, 5.74) is -0.792. The van der Waals surface area contributed by atoms with Gasteiger partial charge in [-0.25, -0.2) is 0 Å². The number of hydrogen-bond donors (Lipinski definition) is 0. The lowest BCUT2D eigenvalue weighted by Gasteiger charge is -2.36. The molecule has 4 aliphatic heterocycles. The molecule has 2 bridgehead atoms. The first-order chi connectivity index (χ1) is 9.69. The summed E-state index contributed by atoms with van der Waals surface area (Å²) >= 11 is 0. The van der Waals surface area contributed by atoms with Gasteiger partial charge in [0.25, 0.3) is 0 Å². The third-order valence-corrected chi connectivity index (χ3v) is 4.68. The van der Waals surface area contributed by atoms with Gasteiger partial charge in [-0.15, -0.1) is 0 Å². The summed E-state index contributed by atoms with van der Waals surface area (Å²) < 4.78 is 16.9. The van der Waals surface area contributed by atoms with E-state index >= 15 is 0 Å². The molecule has 1 amide bonds. The molecular weight excluding hydrogens is 262 g/mol. The van der Waals surface area contributed by atoms with Crippen molar-refractivity contribution in [2.24, 2.45) is 11.8 Å². The highest BCUT2D eigenvalue weighted by Gasteiger charge is 2.72. The lowest BCUT2D eigenvalue weighted by atomic mass is 9.76. The average molecular weight is 279 g/mol. The van der Waals surface area contributed by atoms with Crippen LogP contribution in [0.5, 0.6) is 0 Å². The first-order valence-electron chi connectivity index (χ1n) is 7.15. The third-order valence-electron chi connectivity index (χ3n) is 4.68. The van der Waals surface area contributed by atoms with Gasteiger partial charge in [0.05, 0.1) is 25.2 Å². The predicted molar refractivity (Wildman–Crippen MR) is 66.4 cm³/mol. The molecule has 20 heavy (non-hydrogen) atoms. The number of esters is 1. The van der Waals surface area contributed by atoms with E-state index < -0.39 is 23.7 Å². The van der Waals surface area contributed by atoms with E-state index in [1.165, 1.54) is 0 Å². The van der Waals surface area contributed by atoms with Crippen LogP contribution in [0.2, 0.25) is 0 Å². The summed E-state index contributed by atoms with van der Waals surface area (Å²) in [5, 5.41) is 0. The minimum Gasteiger partial charge on any atom is -0.466 e. The van der Waals surface area contributed by atoms with Crippen LogP contribution in [-0.2, 0) is 23.8 Å². The zero-order chi connectivity index (χ0) is 13.9. The Morgan fingerprint density at radius 1 is 1.60 bits per heavy atom. The van der Waals surface area contributed by atoms with Crippen molar-refractivity contribution < 1.29 is 23.8 Å². The molecule has 0 aromatic heterocycles. The smallest absolute Gasteiger partial charge is 0.312 e. The molecule has 0 aromatic rings. The zero-order valence-electron chi connectivity index (χ0n) is 11.3. The number of amides is 1. The van der Waals surface area contributed by atoms with Gasteiger partial charge >= 0.3 is 5.97 Å². The summed E-state index contributed by atoms with van der Waals surface area (Å²) in [6.45, 7) is 3.36. The van der Waals surface area contributed by atoms with E-state index in [2.05, 4.69) is 0 Å². The number of carbonyl (C=O) groups is 2. The van der Waals surface area contributed by atoms with E-state index in [4.69, 9.17) is 14.2 Å². The normalized spacial score (nSPS) is 44.6. The molecule has 0 aliphatic carbocycles. The Labute approximate surface area is 116 Å². The second kappa shape index (κ2) is 4.05. The molecule has 0 saturated carbocycles. The van der Waals surface area contributed by atoms with Crippen LogP contribution in [0.1, 0.15) is 13.3 Å². The molecule has 0 aromatic carbocycles. The van der Waals surface area contributed by atoms with E-state index in [1.54, 1.807) is 11.8 Å². The van der Waals surface area contributed by atoms with Gasteiger partial charge in [0.15, 0.2) is 6.23 Å². The van der Waals surface area contributed by atoms with Crippen LogP contribution in [0.25, 0.3) is 0 Å². The Bertz CT molecular complexity index is 504. The Balaban J connectivity index is 1.73. The molecule has 4 heterocycles.